The van der Waals surface area contributed by atoms with Gasteiger partial charge in [0, 0.05) is 46.8 Å². The topological polar surface area (TPSA) is 0 Å². The van der Waals surface area contributed by atoms with Crippen LogP contribution in [-0.2, 0) is 0 Å². The molecule has 0 heterocycles. The van der Waals surface area contributed by atoms with Gasteiger partial charge < -0.3 is 0 Å². The maximum atomic E-state index is 6.50. The first-order valence-electron chi connectivity index (χ1n) is 8.85. The normalized spacial score (nSPS) is 11.0. The highest BCUT2D eigenvalue weighted by Crippen LogP contribution is 2.44. The third-order valence-corrected chi connectivity index (χ3v) is 6.58. The zero-order valence-electron chi connectivity index (χ0n) is 15.2. The van der Waals surface area contributed by atoms with Crippen LogP contribution in [0.2, 0.25) is 30.1 Å². The summed E-state index contributed by atoms with van der Waals surface area (Å²) in [5, 5.41) is 3.17. The largest absolute Gasteiger partial charge is 0.0836 e. The van der Waals surface area contributed by atoms with Gasteiger partial charge in [0.15, 0.2) is 0 Å². The smallest absolute Gasteiger partial charge is 0.0499 e. The van der Waals surface area contributed by atoms with Gasteiger partial charge in [-0.15, -0.1) is 0 Å². The van der Waals surface area contributed by atoms with E-state index < -0.39 is 0 Å². The molecule has 4 aromatic carbocycles. The number of halogens is 6. The van der Waals surface area contributed by atoms with Crippen molar-refractivity contribution in [1.82, 2.24) is 0 Å². The highest BCUT2D eigenvalue weighted by Gasteiger charge is 2.17. The highest BCUT2D eigenvalue weighted by molar-refractivity contribution is 6.41. The molecule has 0 aliphatic carbocycles. The van der Waals surface area contributed by atoms with E-state index in [1.807, 2.05) is 18.2 Å². The molecule has 6 heteroatoms. The maximum absolute atomic E-state index is 6.50. The number of benzene rings is 4. The van der Waals surface area contributed by atoms with Crippen molar-refractivity contribution in [3.05, 3.63) is 103 Å². The highest BCUT2D eigenvalue weighted by atomic mass is 35.5. The first-order valence-corrected chi connectivity index (χ1v) is 11.1. The molecule has 0 unspecified atom stereocenters. The van der Waals surface area contributed by atoms with E-state index in [1.165, 1.54) is 0 Å². The Kier molecular flexibility index (Phi) is 6.55. The summed E-state index contributed by atoms with van der Waals surface area (Å²) in [5.74, 6) is 0. The minimum absolute atomic E-state index is 0.529. The monoisotopic (exact) mass is 510 g/mol. The van der Waals surface area contributed by atoms with E-state index >= 15 is 0 Å². The average Bonchev–Trinajstić information content (AvgIpc) is 2.67. The van der Waals surface area contributed by atoms with Crippen LogP contribution in [0.15, 0.2) is 72.8 Å². The molecule has 4 aromatic rings. The van der Waals surface area contributed by atoms with Crippen LogP contribution in [0, 0.1) is 0 Å². The fourth-order valence-electron chi connectivity index (χ4n) is 3.38. The zero-order chi connectivity index (χ0) is 21.4. The fraction of sp³-hybridized carbons (Fsp3) is 0. The van der Waals surface area contributed by atoms with Gasteiger partial charge in [0.2, 0.25) is 0 Å². The van der Waals surface area contributed by atoms with Crippen LogP contribution in [0.1, 0.15) is 0 Å². The van der Waals surface area contributed by atoms with Gasteiger partial charge in [0.25, 0.3) is 0 Å². The van der Waals surface area contributed by atoms with Gasteiger partial charge in [-0.2, -0.15) is 0 Å². The van der Waals surface area contributed by atoms with Gasteiger partial charge in [-0.05, 0) is 71.3 Å². The van der Waals surface area contributed by atoms with Crippen molar-refractivity contribution in [3.63, 3.8) is 0 Å². The second kappa shape index (κ2) is 9.01. The first kappa shape index (κ1) is 21.8. The van der Waals surface area contributed by atoms with E-state index in [-0.39, 0.29) is 0 Å². The molecule has 0 aromatic heterocycles. The third-order valence-electron chi connectivity index (χ3n) is 4.69. The lowest BCUT2D eigenvalue weighted by Gasteiger charge is -2.16. The number of rotatable bonds is 3. The molecule has 150 valence electrons. The molecule has 0 bridgehead atoms. The summed E-state index contributed by atoms with van der Waals surface area (Å²) in [6.07, 6.45) is 0. The van der Waals surface area contributed by atoms with E-state index in [0.29, 0.717) is 46.8 Å². The summed E-state index contributed by atoms with van der Waals surface area (Å²) in [5.41, 5.74) is 4.50. The van der Waals surface area contributed by atoms with Crippen LogP contribution < -0.4 is 0 Å². The molecular weight excluding hydrogens is 501 g/mol. The van der Waals surface area contributed by atoms with Crippen molar-refractivity contribution >= 4 is 69.6 Å². The summed E-state index contributed by atoms with van der Waals surface area (Å²) in [6.45, 7) is 0. The Morgan fingerprint density at radius 3 is 0.733 bits per heavy atom. The molecule has 0 saturated heterocycles. The molecule has 0 atom stereocenters. The lowest BCUT2D eigenvalue weighted by atomic mass is 9.93. The fourth-order valence-corrected chi connectivity index (χ4v) is 5.23. The molecule has 0 fully saturated rings. The molecule has 0 aliphatic heterocycles. The lowest BCUT2D eigenvalue weighted by Crippen LogP contribution is -1.90. The van der Waals surface area contributed by atoms with E-state index in [9.17, 15) is 0 Å². The van der Waals surface area contributed by atoms with Crippen molar-refractivity contribution in [2.45, 2.75) is 0 Å². The zero-order valence-corrected chi connectivity index (χ0v) is 19.7. The maximum Gasteiger partial charge on any atom is 0.0499 e. The summed E-state index contributed by atoms with van der Waals surface area (Å²) in [6, 6.07) is 22.0. The molecule has 30 heavy (non-hydrogen) atoms. The van der Waals surface area contributed by atoms with E-state index in [2.05, 4.69) is 0 Å². The molecule has 0 nitrogen and oxygen atoms in total. The molecule has 0 radical (unpaired) electrons. The summed E-state index contributed by atoms with van der Waals surface area (Å²) in [4.78, 5) is 0. The van der Waals surface area contributed by atoms with Gasteiger partial charge >= 0.3 is 0 Å². The number of hydrogen-bond donors (Lipinski definition) is 0. The van der Waals surface area contributed by atoms with Crippen LogP contribution in [0.25, 0.3) is 33.4 Å². The third kappa shape index (κ3) is 4.18. The molecular formula is C24H12Cl6. The van der Waals surface area contributed by atoms with Gasteiger partial charge in [-0.25, -0.2) is 0 Å². The molecule has 4 rings (SSSR count). The minimum Gasteiger partial charge on any atom is -0.0836 e. The first-order chi connectivity index (χ1) is 14.4. The second-order valence-electron chi connectivity index (χ2n) is 6.59. The van der Waals surface area contributed by atoms with Crippen molar-refractivity contribution in [1.29, 1.82) is 0 Å². The van der Waals surface area contributed by atoms with Gasteiger partial charge in [-0.3, -0.25) is 0 Å². The Bertz CT molecular complexity index is 1030. The SMILES string of the molecule is Clc1cccc(Cl)c1-c1cc(-c2c(Cl)cccc2Cl)cc(-c2c(Cl)cccc2Cl)c1. The van der Waals surface area contributed by atoms with E-state index in [4.69, 9.17) is 69.6 Å². The molecule has 0 saturated carbocycles. The summed E-state index contributed by atoms with van der Waals surface area (Å²) < 4.78 is 0. The van der Waals surface area contributed by atoms with Crippen LogP contribution in [0.3, 0.4) is 0 Å². The summed E-state index contributed by atoms with van der Waals surface area (Å²) in [7, 11) is 0. The Morgan fingerprint density at radius 1 is 0.333 bits per heavy atom. The second-order valence-corrected chi connectivity index (χ2v) is 9.03. The molecule has 0 aliphatic rings. The predicted molar refractivity (Wildman–Crippen MR) is 133 cm³/mol. The van der Waals surface area contributed by atoms with Crippen LogP contribution in [-0.4, -0.2) is 0 Å². The van der Waals surface area contributed by atoms with Crippen LogP contribution in [0.5, 0.6) is 0 Å². The molecule has 0 amide bonds. The number of hydrogen-bond acceptors (Lipinski definition) is 0. The van der Waals surface area contributed by atoms with E-state index in [1.54, 1.807) is 54.6 Å². The van der Waals surface area contributed by atoms with Crippen LogP contribution in [0.4, 0.5) is 0 Å². The van der Waals surface area contributed by atoms with Crippen LogP contribution >= 0.6 is 69.6 Å². The van der Waals surface area contributed by atoms with Gasteiger partial charge in [0.1, 0.15) is 0 Å². The Morgan fingerprint density at radius 2 is 0.533 bits per heavy atom. The van der Waals surface area contributed by atoms with Gasteiger partial charge in [-0.1, -0.05) is 87.8 Å². The molecule has 0 spiro atoms. The van der Waals surface area contributed by atoms with Gasteiger partial charge in [0.05, 0.1) is 0 Å². The lowest BCUT2D eigenvalue weighted by molar-refractivity contribution is 1.56. The Balaban J connectivity index is 2.08. The van der Waals surface area contributed by atoms with E-state index in [0.717, 1.165) is 16.7 Å². The van der Waals surface area contributed by atoms with Crippen molar-refractivity contribution in [2.24, 2.45) is 0 Å². The quantitative estimate of drug-likeness (QED) is 0.256. The Labute approximate surface area is 204 Å². The van der Waals surface area contributed by atoms with Crippen molar-refractivity contribution in [2.75, 3.05) is 0 Å². The predicted octanol–water partition coefficient (Wildman–Crippen LogP) is 10.6. The standard InChI is InChI=1S/C24H12Cl6/c25-16-4-1-5-17(26)22(16)13-10-14(23-18(27)6-2-7-19(23)28)12-15(11-13)24-20(29)8-3-9-21(24)30/h1-12H. The average molecular weight is 513 g/mol. The summed E-state index contributed by atoms with van der Waals surface area (Å²) >= 11 is 39.0. The van der Waals surface area contributed by atoms with Crippen molar-refractivity contribution < 1.29 is 0 Å². The Hall–Kier alpha value is -1.38. The molecule has 0 N–H and O–H groups in total. The minimum atomic E-state index is 0.529. The van der Waals surface area contributed by atoms with Crippen molar-refractivity contribution in [3.8, 4) is 33.4 Å².